The van der Waals surface area contributed by atoms with Crippen molar-refractivity contribution in [2.45, 2.75) is 20.3 Å². The highest BCUT2D eigenvalue weighted by molar-refractivity contribution is 5.78. The van der Waals surface area contributed by atoms with E-state index in [0.29, 0.717) is 12.5 Å². The first kappa shape index (κ1) is 10.5. The van der Waals surface area contributed by atoms with Crippen LogP contribution < -0.4 is 5.32 Å². The minimum atomic E-state index is 0.237. The Morgan fingerprint density at radius 2 is 2.15 bits per heavy atom. The molecule has 0 radical (unpaired) electrons. The minimum Gasteiger partial charge on any atom is -0.341 e. The van der Waals surface area contributed by atoms with Gasteiger partial charge in [-0.15, -0.1) is 0 Å². The Hall–Kier alpha value is -0.570. The van der Waals surface area contributed by atoms with Crippen molar-refractivity contribution in [2.24, 2.45) is 11.8 Å². The molecule has 0 saturated carbocycles. The lowest BCUT2D eigenvalue weighted by Gasteiger charge is -2.35. The molecule has 1 fully saturated rings. The summed E-state index contributed by atoms with van der Waals surface area (Å²) in [5.74, 6) is 1.65. The van der Waals surface area contributed by atoms with Gasteiger partial charge in [0.2, 0.25) is 5.91 Å². The molecule has 1 saturated heterocycles. The average Bonchev–Trinajstić information content (AvgIpc) is 2.10. The third-order valence-electron chi connectivity index (χ3n) is 3.01. The lowest BCUT2D eigenvalue weighted by atomic mass is 9.89. The summed E-state index contributed by atoms with van der Waals surface area (Å²) in [6.45, 7) is 6.84. The molecule has 0 aromatic heterocycles. The van der Waals surface area contributed by atoms with Gasteiger partial charge < -0.3 is 10.2 Å². The maximum absolute atomic E-state index is 11.5. The highest BCUT2D eigenvalue weighted by Crippen LogP contribution is 2.22. The number of likely N-dealkylation sites (N-methyl/N-ethyl adjacent to an activating group) is 1. The van der Waals surface area contributed by atoms with E-state index < -0.39 is 0 Å². The maximum Gasteiger partial charge on any atom is 0.236 e. The quantitative estimate of drug-likeness (QED) is 0.685. The van der Waals surface area contributed by atoms with Crippen LogP contribution in [0, 0.1) is 11.8 Å². The SMILES string of the molecule is CNCC(=O)N1CCC(C)C(C)C1. The van der Waals surface area contributed by atoms with Crippen LogP contribution in [0.3, 0.4) is 0 Å². The summed E-state index contributed by atoms with van der Waals surface area (Å²) in [4.78, 5) is 13.5. The molecule has 1 heterocycles. The van der Waals surface area contributed by atoms with Gasteiger partial charge in [-0.1, -0.05) is 13.8 Å². The molecule has 0 aliphatic carbocycles. The van der Waals surface area contributed by atoms with Crippen LogP contribution in [0.2, 0.25) is 0 Å². The van der Waals surface area contributed by atoms with E-state index >= 15 is 0 Å². The molecule has 0 bridgehead atoms. The summed E-state index contributed by atoms with van der Waals surface area (Å²) in [7, 11) is 1.81. The van der Waals surface area contributed by atoms with E-state index in [1.54, 1.807) is 0 Å². The van der Waals surface area contributed by atoms with Crippen molar-refractivity contribution in [3.63, 3.8) is 0 Å². The van der Waals surface area contributed by atoms with Gasteiger partial charge in [0.15, 0.2) is 0 Å². The average molecular weight is 184 g/mol. The summed E-state index contributed by atoms with van der Waals surface area (Å²) in [6.07, 6.45) is 1.15. The predicted molar refractivity (Wildman–Crippen MR) is 53.5 cm³/mol. The van der Waals surface area contributed by atoms with Crippen LogP contribution in [0.4, 0.5) is 0 Å². The molecule has 0 aromatic carbocycles. The van der Waals surface area contributed by atoms with E-state index in [-0.39, 0.29) is 5.91 Å². The molecule has 1 aliphatic heterocycles. The van der Waals surface area contributed by atoms with E-state index in [4.69, 9.17) is 0 Å². The number of piperidine rings is 1. The zero-order valence-corrected chi connectivity index (χ0v) is 8.84. The monoisotopic (exact) mass is 184 g/mol. The van der Waals surface area contributed by atoms with Gasteiger partial charge in [-0.3, -0.25) is 4.79 Å². The topological polar surface area (TPSA) is 32.3 Å². The standard InChI is InChI=1S/C10H20N2O/c1-8-4-5-12(7-9(8)2)10(13)6-11-3/h8-9,11H,4-7H2,1-3H3. The highest BCUT2D eigenvalue weighted by atomic mass is 16.2. The number of likely N-dealkylation sites (tertiary alicyclic amines) is 1. The van der Waals surface area contributed by atoms with E-state index in [1.165, 1.54) is 0 Å². The van der Waals surface area contributed by atoms with Crippen molar-refractivity contribution in [2.75, 3.05) is 26.7 Å². The van der Waals surface area contributed by atoms with Crippen LogP contribution in [0.25, 0.3) is 0 Å². The molecule has 2 unspecified atom stereocenters. The molecule has 1 aliphatic rings. The van der Waals surface area contributed by atoms with Crippen LogP contribution in [-0.4, -0.2) is 37.5 Å². The first-order chi connectivity index (χ1) is 6.15. The Labute approximate surface area is 80.5 Å². The number of hydrogen-bond acceptors (Lipinski definition) is 2. The van der Waals surface area contributed by atoms with Gasteiger partial charge in [0.05, 0.1) is 6.54 Å². The molecule has 1 N–H and O–H groups in total. The second kappa shape index (κ2) is 4.61. The summed E-state index contributed by atoms with van der Waals surface area (Å²) in [5, 5.41) is 2.90. The largest absolute Gasteiger partial charge is 0.341 e. The van der Waals surface area contributed by atoms with Crippen molar-refractivity contribution in [3.8, 4) is 0 Å². The molecule has 3 nitrogen and oxygen atoms in total. The zero-order valence-electron chi connectivity index (χ0n) is 8.84. The van der Waals surface area contributed by atoms with Gasteiger partial charge in [0, 0.05) is 13.1 Å². The number of nitrogens with one attached hydrogen (secondary N) is 1. The Bertz CT molecular complexity index is 182. The van der Waals surface area contributed by atoms with E-state index in [9.17, 15) is 4.79 Å². The number of rotatable bonds is 2. The molecule has 1 rings (SSSR count). The number of nitrogens with zero attached hydrogens (tertiary/aromatic N) is 1. The number of amides is 1. The number of carbonyl (C=O) groups is 1. The van der Waals surface area contributed by atoms with Gasteiger partial charge >= 0.3 is 0 Å². The number of hydrogen-bond donors (Lipinski definition) is 1. The van der Waals surface area contributed by atoms with Crippen LogP contribution in [0.5, 0.6) is 0 Å². The molecule has 2 atom stereocenters. The van der Waals surface area contributed by atoms with E-state index in [2.05, 4.69) is 19.2 Å². The van der Waals surface area contributed by atoms with Gasteiger partial charge in [0.25, 0.3) is 0 Å². The molecule has 0 spiro atoms. The lowest BCUT2D eigenvalue weighted by Crippen LogP contribution is -2.45. The van der Waals surface area contributed by atoms with Gasteiger partial charge in [-0.05, 0) is 25.3 Å². The first-order valence-electron chi connectivity index (χ1n) is 5.07. The Kier molecular flexibility index (Phi) is 3.72. The van der Waals surface area contributed by atoms with Crippen LogP contribution >= 0.6 is 0 Å². The molecular weight excluding hydrogens is 164 g/mol. The first-order valence-corrected chi connectivity index (χ1v) is 5.07. The van der Waals surface area contributed by atoms with Crippen molar-refractivity contribution in [1.82, 2.24) is 10.2 Å². The van der Waals surface area contributed by atoms with Crippen LogP contribution in [0.1, 0.15) is 20.3 Å². The van der Waals surface area contributed by atoms with Gasteiger partial charge in [0.1, 0.15) is 0 Å². The highest BCUT2D eigenvalue weighted by Gasteiger charge is 2.24. The van der Waals surface area contributed by atoms with Crippen molar-refractivity contribution in [3.05, 3.63) is 0 Å². The Morgan fingerprint density at radius 3 is 2.69 bits per heavy atom. The Morgan fingerprint density at radius 1 is 1.46 bits per heavy atom. The minimum absolute atomic E-state index is 0.237. The Balaban J connectivity index is 2.40. The van der Waals surface area contributed by atoms with Crippen LogP contribution in [-0.2, 0) is 4.79 Å². The van der Waals surface area contributed by atoms with Gasteiger partial charge in [-0.2, -0.15) is 0 Å². The van der Waals surface area contributed by atoms with E-state index in [0.717, 1.165) is 25.4 Å². The summed E-state index contributed by atoms with van der Waals surface area (Å²) in [6, 6.07) is 0. The molecule has 13 heavy (non-hydrogen) atoms. The van der Waals surface area contributed by atoms with Crippen molar-refractivity contribution < 1.29 is 4.79 Å². The van der Waals surface area contributed by atoms with Crippen LogP contribution in [0.15, 0.2) is 0 Å². The molecule has 76 valence electrons. The normalized spacial score (nSPS) is 29.0. The maximum atomic E-state index is 11.5. The van der Waals surface area contributed by atoms with Crippen molar-refractivity contribution in [1.29, 1.82) is 0 Å². The fourth-order valence-electron chi connectivity index (χ4n) is 1.75. The lowest BCUT2D eigenvalue weighted by molar-refractivity contribution is -0.132. The predicted octanol–water partition coefficient (Wildman–Crippen LogP) is 0.710. The third kappa shape index (κ3) is 2.69. The van der Waals surface area contributed by atoms with Gasteiger partial charge in [-0.25, -0.2) is 0 Å². The molecule has 0 aromatic rings. The number of carbonyl (C=O) groups excluding carboxylic acids is 1. The fourth-order valence-corrected chi connectivity index (χ4v) is 1.75. The summed E-state index contributed by atoms with van der Waals surface area (Å²) >= 11 is 0. The second-order valence-electron chi connectivity index (χ2n) is 4.11. The van der Waals surface area contributed by atoms with E-state index in [1.807, 2.05) is 11.9 Å². The summed E-state index contributed by atoms with van der Waals surface area (Å²) in [5.41, 5.74) is 0. The summed E-state index contributed by atoms with van der Waals surface area (Å²) < 4.78 is 0. The fraction of sp³-hybridized carbons (Fsp3) is 0.900. The smallest absolute Gasteiger partial charge is 0.236 e. The second-order valence-corrected chi connectivity index (χ2v) is 4.11. The zero-order chi connectivity index (χ0) is 9.84. The molecular formula is C10H20N2O. The molecule has 1 amide bonds. The molecule has 3 heteroatoms. The third-order valence-corrected chi connectivity index (χ3v) is 3.01. The van der Waals surface area contributed by atoms with Crippen molar-refractivity contribution >= 4 is 5.91 Å².